The van der Waals surface area contributed by atoms with Crippen LogP contribution >= 0.6 is 0 Å². The molecule has 0 saturated heterocycles. The van der Waals surface area contributed by atoms with Gasteiger partial charge in [0.15, 0.2) is 11.9 Å². The van der Waals surface area contributed by atoms with Crippen molar-refractivity contribution in [2.24, 2.45) is 28.8 Å². The van der Waals surface area contributed by atoms with Crippen molar-refractivity contribution in [3.63, 3.8) is 0 Å². The van der Waals surface area contributed by atoms with E-state index in [0.29, 0.717) is 6.42 Å². The average molecular weight is 865 g/mol. The number of azide groups is 1. The van der Waals surface area contributed by atoms with Gasteiger partial charge in [-0.25, -0.2) is 4.79 Å². The molecule has 1 rings (SSSR count). The molecule has 344 valence electrons. The predicted molar refractivity (Wildman–Crippen MR) is 240 cm³/mol. The third kappa shape index (κ3) is 17.5. The van der Waals surface area contributed by atoms with Crippen LogP contribution in [0.25, 0.3) is 10.4 Å². The van der Waals surface area contributed by atoms with Crippen molar-refractivity contribution in [3.8, 4) is 0 Å². The molecule has 0 aliphatic carbocycles. The molecule has 1 aromatic carbocycles. The number of hydrogen-bond acceptors (Lipinski definition) is 9. The molecule has 8 atom stereocenters. The molecule has 62 heavy (non-hydrogen) atoms. The maximum Gasteiger partial charge on any atom is 0.334 e. The van der Waals surface area contributed by atoms with E-state index in [1.54, 1.807) is 32.1 Å². The lowest BCUT2D eigenvalue weighted by molar-refractivity contribution is -0.154. The average Bonchev–Trinajstić information content (AvgIpc) is 3.22. The summed E-state index contributed by atoms with van der Waals surface area (Å²) in [5.41, 5.74) is 11.2. The molecular formula is C46H72N8O8. The highest BCUT2D eigenvalue weighted by Crippen LogP contribution is 2.23. The van der Waals surface area contributed by atoms with Crippen molar-refractivity contribution in [2.45, 2.75) is 145 Å². The van der Waals surface area contributed by atoms with Crippen molar-refractivity contribution in [1.82, 2.24) is 25.8 Å². The van der Waals surface area contributed by atoms with Gasteiger partial charge in [-0.2, -0.15) is 0 Å². The third-order valence-corrected chi connectivity index (χ3v) is 11.1. The highest BCUT2D eigenvalue weighted by molar-refractivity contribution is 5.95. The molecule has 0 aromatic heterocycles. The van der Waals surface area contributed by atoms with Crippen LogP contribution in [0.3, 0.4) is 0 Å². The van der Waals surface area contributed by atoms with E-state index in [0.717, 1.165) is 11.1 Å². The first-order valence-corrected chi connectivity index (χ1v) is 21.5. The number of carbonyl (C=O) groups is 7. The van der Waals surface area contributed by atoms with Crippen LogP contribution in [0.15, 0.2) is 58.7 Å². The highest BCUT2D eigenvalue weighted by Gasteiger charge is 2.35. The number of hydrogen-bond donors (Lipinski definition) is 3. The molecule has 0 radical (unpaired) electrons. The summed E-state index contributed by atoms with van der Waals surface area (Å²) in [5, 5.41) is 12.4. The van der Waals surface area contributed by atoms with Crippen molar-refractivity contribution < 1.29 is 38.3 Å². The summed E-state index contributed by atoms with van der Waals surface area (Å²) in [6.07, 6.45) is 3.25. The standard InChI is InChI=1S/C46H72N8O8/c1-15-29(7)40(50-42(57)28(5)6)32(10)36(51-52-47)23-22-31(9)46(61)62-38(24-27(3)4)43(58)48-33(11)44(59)54(14)37(25-35-20-18-17-19-21-35)45(60)53(13)26-39(56)49-41(34(12)55)30(8)16-2/h15,17-22,27-28,30,32-33,36-38,40-41H,16,23-26H2,1-14H3,(H,48,58)(H,49,56)(H,50,57)/b29-15+,31-22+/t30?,32-,33-,36-,37+,38+,40+,41-/m0/s1. The van der Waals surface area contributed by atoms with Gasteiger partial charge in [-0.05, 0) is 76.3 Å². The van der Waals surface area contributed by atoms with E-state index in [1.807, 2.05) is 72.7 Å². The number of esters is 1. The molecule has 0 aliphatic heterocycles. The summed E-state index contributed by atoms with van der Waals surface area (Å²) in [4.78, 5) is 98.5. The van der Waals surface area contributed by atoms with E-state index >= 15 is 0 Å². The van der Waals surface area contributed by atoms with Gasteiger partial charge < -0.3 is 30.5 Å². The summed E-state index contributed by atoms with van der Waals surface area (Å²) in [5.74, 6) is -4.27. The number of ketones is 1. The number of rotatable bonds is 25. The molecule has 0 saturated carbocycles. The fraction of sp³-hybridized carbons (Fsp3) is 0.630. The topological polar surface area (TPSA) is 220 Å². The van der Waals surface area contributed by atoms with E-state index in [4.69, 9.17) is 4.74 Å². The van der Waals surface area contributed by atoms with Crippen molar-refractivity contribution in [2.75, 3.05) is 20.6 Å². The summed E-state index contributed by atoms with van der Waals surface area (Å²) >= 11 is 0. The largest absolute Gasteiger partial charge is 0.449 e. The predicted octanol–water partition coefficient (Wildman–Crippen LogP) is 5.86. The third-order valence-electron chi connectivity index (χ3n) is 11.1. The van der Waals surface area contributed by atoms with Gasteiger partial charge in [-0.1, -0.05) is 108 Å². The number of nitrogens with zero attached hydrogens (tertiary/aromatic N) is 5. The Kier molecular flexibility index (Phi) is 23.5. The number of nitrogens with one attached hydrogen (secondary N) is 3. The second-order valence-corrected chi connectivity index (χ2v) is 17.1. The van der Waals surface area contributed by atoms with Gasteiger partial charge in [-0.15, -0.1) is 0 Å². The van der Waals surface area contributed by atoms with Gasteiger partial charge in [0.05, 0.1) is 18.6 Å². The number of ether oxygens (including phenoxy) is 1. The molecule has 0 aliphatic rings. The van der Waals surface area contributed by atoms with Crippen LogP contribution in [0, 0.1) is 23.7 Å². The van der Waals surface area contributed by atoms with Gasteiger partial charge >= 0.3 is 5.97 Å². The molecule has 1 unspecified atom stereocenters. The van der Waals surface area contributed by atoms with Gasteiger partial charge in [0.25, 0.3) is 5.91 Å². The SMILES string of the molecule is C/C=C(\C)[C@@H](NC(=O)C(C)C)[C@@H](C)[C@H](C/C=C(\C)C(=O)O[C@H](CC(C)C)C(=O)N[C@@H](C)C(=O)N(C)[C@H](Cc1ccccc1)C(=O)N(C)CC(=O)N[C@H](C(C)=O)C(C)CC)N=[N+]=[N-]. The first kappa shape index (κ1) is 54.5. The maximum absolute atomic E-state index is 14.0. The van der Waals surface area contributed by atoms with E-state index in [1.165, 1.54) is 44.7 Å². The van der Waals surface area contributed by atoms with Crippen LogP contribution in [0.2, 0.25) is 0 Å². The zero-order valence-electron chi connectivity index (χ0n) is 39.4. The minimum Gasteiger partial charge on any atom is -0.449 e. The zero-order chi connectivity index (χ0) is 47.4. The number of amides is 5. The van der Waals surface area contributed by atoms with Gasteiger partial charge in [0.1, 0.15) is 12.1 Å². The van der Waals surface area contributed by atoms with Crippen molar-refractivity contribution >= 4 is 41.3 Å². The second kappa shape index (κ2) is 26.8. The molecule has 0 fully saturated rings. The second-order valence-electron chi connectivity index (χ2n) is 17.1. The van der Waals surface area contributed by atoms with Crippen LogP contribution in [-0.2, 0) is 44.7 Å². The number of allylic oxidation sites excluding steroid dienone is 1. The molecule has 3 N–H and O–H groups in total. The van der Waals surface area contributed by atoms with Gasteiger partial charge in [-0.3, -0.25) is 28.8 Å². The van der Waals surface area contributed by atoms with Gasteiger partial charge in [0.2, 0.25) is 23.6 Å². The van der Waals surface area contributed by atoms with E-state index in [-0.39, 0.29) is 66.7 Å². The quantitative estimate of drug-likeness (QED) is 0.0270. The molecule has 0 spiro atoms. The van der Waals surface area contributed by atoms with Crippen molar-refractivity contribution in [3.05, 3.63) is 69.6 Å². The first-order valence-electron chi connectivity index (χ1n) is 21.5. The lowest BCUT2D eigenvalue weighted by Crippen LogP contribution is -2.56. The summed E-state index contributed by atoms with van der Waals surface area (Å²) < 4.78 is 5.72. The Hall–Kier alpha value is -5.50. The Labute approximate surface area is 368 Å². The number of carbonyl (C=O) groups excluding carboxylic acids is 7. The number of Topliss-reactive ketones (excluding diaryl/α,β-unsaturated/α-hetero) is 1. The Bertz CT molecular complexity index is 1810. The fourth-order valence-electron chi connectivity index (χ4n) is 6.76. The molecular weight excluding hydrogens is 793 g/mol. The van der Waals surface area contributed by atoms with E-state index < -0.39 is 65.9 Å². The normalized spacial score (nSPS) is 15.7. The molecule has 5 amide bonds. The minimum atomic E-state index is -1.27. The smallest absolute Gasteiger partial charge is 0.334 e. The molecule has 0 bridgehead atoms. The highest BCUT2D eigenvalue weighted by atomic mass is 16.5. The van der Waals surface area contributed by atoms with E-state index in [9.17, 15) is 39.1 Å². The lowest BCUT2D eigenvalue weighted by atomic mass is 9.86. The molecule has 1 aromatic rings. The Balaban J connectivity index is 3.26. The number of likely N-dealkylation sites (N-methyl/N-ethyl adjacent to an activating group) is 2. The van der Waals surface area contributed by atoms with Crippen LogP contribution in [0.1, 0.15) is 108 Å². The van der Waals surface area contributed by atoms with Crippen LogP contribution < -0.4 is 16.0 Å². The van der Waals surface area contributed by atoms with E-state index in [2.05, 4.69) is 26.0 Å². The summed E-state index contributed by atoms with van der Waals surface area (Å²) in [6.45, 7) is 20.7. The monoisotopic (exact) mass is 865 g/mol. The van der Waals surface area contributed by atoms with Gasteiger partial charge in [0, 0.05) is 43.0 Å². The van der Waals surface area contributed by atoms with Crippen LogP contribution in [-0.4, -0.2) is 108 Å². The van der Waals surface area contributed by atoms with Crippen LogP contribution in [0.5, 0.6) is 0 Å². The first-order chi connectivity index (χ1) is 29.0. The number of benzene rings is 1. The molecule has 0 heterocycles. The summed E-state index contributed by atoms with van der Waals surface area (Å²) in [7, 11) is 2.90. The zero-order valence-corrected chi connectivity index (χ0v) is 39.4. The van der Waals surface area contributed by atoms with Crippen LogP contribution in [0.4, 0.5) is 0 Å². The maximum atomic E-state index is 14.0. The Morgan fingerprint density at radius 2 is 1.47 bits per heavy atom. The summed E-state index contributed by atoms with van der Waals surface area (Å²) in [6, 6.07) is 5.07. The minimum absolute atomic E-state index is 0.0870. The molecule has 16 nitrogen and oxygen atoms in total. The lowest BCUT2D eigenvalue weighted by Gasteiger charge is -2.33. The fourth-order valence-corrected chi connectivity index (χ4v) is 6.76. The Morgan fingerprint density at radius 3 is 1.98 bits per heavy atom. The molecule has 16 heteroatoms. The van der Waals surface area contributed by atoms with Crippen molar-refractivity contribution in [1.29, 1.82) is 0 Å². The Morgan fingerprint density at radius 1 is 0.855 bits per heavy atom.